The molecule has 0 amide bonds. The summed E-state index contributed by atoms with van der Waals surface area (Å²) in [6, 6.07) is 10.8. The van der Waals surface area contributed by atoms with Crippen molar-refractivity contribution in [3.8, 4) is 0 Å². The van der Waals surface area contributed by atoms with Gasteiger partial charge < -0.3 is 10.3 Å². The van der Waals surface area contributed by atoms with E-state index in [0.717, 1.165) is 12.8 Å². The van der Waals surface area contributed by atoms with Gasteiger partial charge in [0.25, 0.3) is 0 Å². The number of aromatic nitrogens is 1. The molecule has 1 aromatic carbocycles. The highest BCUT2D eigenvalue weighted by Gasteiger charge is 2.32. The maximum Gasteiger partial charge on any atom is 0.0563 e. The van der Waals surface area contributed by atoms with Gasteiger partial charge in [-0.25, -0.2) is 0 Å². The molecule has 1 aromatic heterocycles. The molecular weight excluding hydrogens is 208 g/mol. The number of rotatable bonds is 1. The molecule has 0 atom stereocenters. The van der Waals surface area contributed by atoms with Gasteiger partial charge >= 0.3 is 0 Å². The highest BCUT2D eigenvalue weighted by molar-refractivity contribution is 5.81. The van der Waals surface area contributed by atoms with E-state index in [-0.39, 0.29) is 5.54 Å². The molecule has 0 spiro atoms. The quantitative estimate of drug-likeness (QED) is 0.797. The maximum atomic E-state index is 6.62. The molecule has 2 aromatic rings. The Morgan fingerprint density at radius 2 is 1.82 bits per heavy atom. The van der Waals surface area contributed by atoms with Crippen molar-refractivity contribution < 1.29 is 0 Å². The van der Waals surface area contributed by atoms with Crippen molar-refractivity contribution >= 4 is 10.9 Å². The highest BCUT2D eigenvalue weighted by atomic mass is 15.0. The summed E-state index contributed by atoms with van der Waals surface area (Å²) in [5, 5.41) is 1.31. The Hall–Kier alpha value is -1.28. The second kappa shape index (κ2) is 3.88. The fraction of sp³-hybridized carbons (Fsp3) is 0.467. The third-order valence-electron chi connectivity index (χ3n) is 4.21. The number of para-hydroxylation sites is 1. The third-order valence-corrected chi connectivity index (χ3v) is 4.21. The van der Waals surface area contributed by atoms with Crippen molar-refractivity contribution in [2.75, 3.05) is 0 Å². The minimum Gasteiger partial charge on any atom is -0.346 e. The van der Waals surface area contributed by atoms with Gasteiger partial charge in [-0.1, -0.05) is 37.5 Å². The summed E-state index contributed by atoms with van der Waals surface area (Å²) >= 11 is 0. The first-order chi connectivity index (χ1) is 8.21. The van der Waals surface area contributed by atoms with Gasteiger partial charge in [0, 0.05) is 18.3 Å². The summed E-state index contributed by atoms with van der Waals surface area (Å²) < 4.78 is 2.28. The second-order valence-corrected chi connectivity index (χ2v) is 5.36. The molecule has 2 N–H and O–H groups in total. The summed E-state index contributed by atoms with van der Waals surface area (Å²) in [6.07, 6.45) is 6.10. The van der Waals surface area contributed by atoms with Crippen LogP contribution in [0.3, 0.4) is 0 Å². The van der Waals surface area contributed by atoms with E-state index >= 15 is 0 Å². The molecule has 2 nitrogen and oxygen atoms in total. The molecule has 0 radical (unpaired) electrons. The standard InChI is InChI=1S/C15H20N2/c1-17-13-8-4-3-7-12(13)11-14(17)15(16)9-5-2-6-10-15/h3-4,7-8,11H,2,5-6,9-10,16H2,1H3. The van der Waals surface area contributed by atoms with Crippen molar-refractivity contribution in [2.45, 2.75) is 37.6 Å². The Morgan fingerprint density at radius 1 is 1.12 bits per heavy atom. The van der Waals surface area contributed by atoms with Crippen LogP contribution in [0.15, 0.2) is 30.3 Å². The molecular formula is C15H20N2. The SMILES string of the molecule is Cn1c(C2(N)CCCCC2)cc2ccccc21. The average Bonchev–Trinajstić information content (AvgIpc) is 2.69. The normalized spacial score (nSPS) is 19.6. The molecule has 17 heavy (non-hydrogen) atoms. The van der Waals surface area contributed by atoms with Crippen LogP contribution in [0.5, 0.6) is 0 Å². The van der Waals surface area contributed by atoms with Crippen molar-refractivity contribution in [2.24, 2.45) is 12.8 Å². The minimum atomic E-state index is -0.105. The van der Waals surface area contributed by atoms with Gasteiger partial charge in [-0.2, -0.15) is 0 Å². The number of nitrogens with two attached hydrogens (primary N) is 1. The van der Waals surface area contributed by atoms with Crippen LogP contribution in [0.25, 0.3) is 10.9 Å². The highest BCUT2D eigenvalue weighted by Crippen LogP contribution is 2.36. The fourth-order valence-electron chi connectivity index (χ4n) is 3.21. The van der Waals surface area contributed by atoms with Crippen LogP contribution in [-0.2, 0) is 12.6 Å². The molecule has 1 heterocycles. The number of fused-ring (bicyclic) bond motifs is 1. The molecule has 2 heteroatoms. The first kappa shape index (κ1) is 10.8. The van der Waals surface area contributed by atoms with Crippen LogP contribution >= 0.6 is 0 Å². The topological polar surface area (TPSA) is 30.9 Å². The van der Waals surface area contributed by atoms with E-state index in [2.05, 4.69) is 41.9 Å². The zero-order valence-electron chi connectivity index (χ0n) is 10.4. The molecule has 0 saturated heterocycles. The van der Waals surface area contributed by atoms with Gasteiger partial charge in [0.15, 0.2) is 0 Å². The van der Waals surface area contributed by atoms with E-state index in [1.807, 2.05) is 0 Å². The molecule has 1 aliphatic carbocycles. The number of hydrogen-bond acceptors (Lipinski definition) is 1. The van der Waals surface area contributed by atoms with E-state index in [1.54, 1.807) is 0 Å². The number of hydrogen-bond donors (Lipinski definition) is 1. The lowest BCUT2D eigenvalue weighted by Crippen LogP contribution is -2.40. The fourth-order valence-corrected chi connectivity index (χ4v) is 3.21. The van der Waals surface area contributed by atoms with E-state index in [4.69, 9.17) is 5.73 Å². The van der Waals surface area contributed by atoms with Crippen LogP contribution < -0.4 is 5.73 Å². The van der Waals surface area contributed by atoms with E-state index in [9.17, 15) is 0 Å². The zero-order chi connectivity index (χ0) is 11.9. The summed E-state index contributed by atoms with van der Waals surface area (Å²) in [7, 11) is 2.14. The lowest BCUT2D eigenvalue weighted by Gasteiger charge is -2.34. The smallest absolute Gasteiger partial charge is 0.0563 e. The summed E-state index contributed by atoms with van der Waals surface area (Å²) in [4.78, 5) is 0. The monoisotopic (exact) mass is 228 g/mol. The van der Waals surface area contributed by atoms with Crippen molar-refractivity contribution in [1.82, 2.24) is 4.57 Å². The van der Waals surface area contributed by atoms with Crippen molar-refractivity contribution in [3.63, 3.8) is 0 Å². The summed E-state index contributed by atoms with van der Waals surface area (Å²) in [5.41, 5.74) is 9.11. The molecule has 0 bridgehead atoms. The molecule has 3 rings (SSSR count). The van der Waals surface area contributed by atoms with Gasteiger partial charge in [-0.3, -0.25) is 0 Å². The Balaban J connectivity index is 2.13. The Labute approximate surface area is 102 Å². The number of aryl methyl sites for hydroxylation is 1. The van der Waals surface area contributed by atoms with Crippen LogP contribution in [0, 0.1) is 0 Å². The van der Waals surface area contributed by atoms with Crippen LogP contribution in [0.2, 0.25) is 0 Å². The van der Waals surface area contributed by atoms with Gasteiger partial charge in [0.2, 0.25) is 0 Å². The Kier molecular flexibility index (Phi) is 2.48. The zero-order valence-corrected chi connectivity index (χ0v) is 10.4. The van der Waals surface area contributed by atoms with E-state index in [1.165, 1.54) is 35.9 Å². The van der Waals surface area contributed by atoms with Crippen LogP contribution in [-0.4, -0.2) is 4.57 Å². The first-order valence-corrected chi connectivity index (χ1v) is 6.54. The minimum absolute atomic E-state index is 0.105. The van der Waals surface area contributed by atoms with Gasteiger partial charge in [-0.05, 0) is 30.4 Å². The van der Waals surface area contributed by atoms with Crippen molar-refractivity contribution in [3.05, 3.63) is 36.0 Å². The molecule has 0 aliphatic heterocycles. The summed E-state index contributed by atoms with van der Waals surface area (Å²) in [5.74, 6) is 0. The molecule has 1 saturated carbocycles. The first-order valence-electron chi connectivity index (χ1n) is 6.54. The van der Waals surface area contributed by atoms with Crippen LogP contribution in [0.4, 0.5) is 0 Å². The van der Waals surface area contributed by atoms with Gasteiger partial charge in [-0.15, -0.1) is 0 Å². The molecule has 0 unspecified atom stereocenters. The molecule has 90 valence electrons. The second-order valence-electron chi connectivity index (χ2n) is 5.36. The predicted octanol–water partition coefficient (Wildman–Crippen LogP) is 3.30. The lowest BCUT2D eigenvalue weighted by molar-refractivity contribution is 0.290. The van der Waals surface area contributed by atoms with E-state index in [0.29, 0.717) is 0 Å². The molecule has 1 fully saturated rings. The van der Waals surface area contributed by atoms with E-state index < -0.39 is 0 Å². The van der Waals surface area contributed by atoms with Gasteiger partial charge in [0.1, 0.15) is 0 Å². The Morgan fingerprint density at radius 3 is 2.53 bits per heavy atom. The summed E-state index contributed by atoms with van der Waals surface area (Å²) in [6.45, 7) is 0. The number of benzene rings is 1. The third kappa shape index (κ3) is 1.67. The number of nitrogens with zero attached hydrogens (tertiary/aromatic N) is 1. The average molecular weight is 228 g/mol. The maximum absolute atomic E-state index is 6.62. The van der Waals surface area contributed by atoms with Crippen molar-refractivity contribution in [1.29, 1.82) is 0 Å². The van der Waals surface area contributed by atoms with Gasteiger partial charge in [0.05, 0.1) is 5.54 Å². The predicted molar refractivity (Wildman–Crippen MR) is 71.9 cm³/mol. The molecule has 1 aliphatic rings. The lowest BCUT2D eigenvalue weighted by atomic mass is 9.80. The largest absolute Gasteiger partial charge is 0.346 e. The van der Waals surface area contributed by atoms with Crippen LogP contribution in [0.1, 0.15) is 37.8 Å². The Bertz CT molecular complexity index is 533.